The number of carbonyl (C=O) groups excluding carboxylic acids is 1. The molecular formula is C11H22N2O2. The monoisotopic (exact) mass is 214 g/mol. The molecule has 0 saturated carbocycles. The third kappa shape index (κ3) is 3.70. The minimum atomic E-state index is -0.432. The van der Waals surface area contributed by atoms with Crippen LogP contribution in [-0.2, 0) is 4.74 Å². The Hall–Kier alpha value is -0.770. The van der Waals surface area contributed by atoms with E-state index in [4.69, 9.17) is 10.5 Å². The fourth-order valence-corrected chi connectivity index (χ4v) is 1.71. The summed E-state index contributed by atoms with van der Waals surface area (Å²) in [7, 11) is 0. The van der Waals surface area contributed by atoms with Crippen LogP contribution in [0.3, 0.4) is 0 Å². The van der Waals surface area contributed by atoms with Crippen molar-refractivity contribution < 1.29 is 9.53 Å². The van der Waals surface area contributed by atoms with Gasteiger partial charge >= 0.3 is 6.09 Å². The quantitative estimate of drug-likeness (QED) is 0.668. The van der Waals surface area contributed by atoms with Gasteiger partial charge in [0, 0.05) is 18.6 Å². The molecule has 1 aliphatic rings. The molecule has 15 heavy (non-hydrogen) atoms. The first-order valence-corrected chi connectivity index (χ1v) is 5.55. The molecule has 0 aromatic carbocycles. The van der Waals surface area contributed by atoms with Crippen LogP contribution in [0.5, 0.6) is 0 Å². The van der Waals surface area contributed by atoms with E-state index in [-0.39, 0.29) is 18.2 Å². The first-order valence-electron chi connectivity index (χ1n) is 5.55. The molecule has 2 unspecified atom stereocenters. The lowest BCUT2D eigenvalue weighted by Crippen LogP contribution is -2.51. The van der Waals surface area contributed by atoms with Crippen molar-refractivity contribution in [1.29, 1.82) is 0 Å². The Bertz CT molecular complexity index is 235. The number of hydrogen-bond acceptors (Lipinski definition) is 3. The van der Waals surface area contributed by atoms with E-state index in [1.54, 1.807) is 4.90 Å². The largest absolute Gasteiger partial charge is 0.444 e. The normalized spacial score (nSPS) is 27.7. The summed E-state index contributed by atoms with van der Waals surface area (Å²) in [5, 5.41) is 0. The Labute approximate surface area is 91.8 Å². The predicted octanol–water partition coefficient (Wildman–Crippen LogP) is 1.73. The SMILES string of the molecule is CC1CCC(N)CN1C(=O)OC(C)(C)C. The Morgan fingerprint density at radius 2 is 2.00 bits per heavy atom. The molecule has 1 amide bonds. The van der Waals surface area contributed by atoms with E-state index in [0.29, 0.717) is 6.54 Å². The maximum atomic E-state index is 11.8. The Morgan fingerprint density at radius 3 is 2.53 bits per heavy atom. The van der Waals surface area contributed by atoms with E-state index in [1.165, 1.54) is 0 Å². The van der Waals surface area contributed by atoms with Crippen molar-refractivity contribution in [2.75, 3.05) is 6.54 Å². The van der Waals surface area contributed by atoms with Crippen LogP contribution < -0.4 is 5.73 Å². The number of ether oxygens (including phenoxy) is 1. The summed E-state index contributed by atoms with van der Waals surface area (Å²) in [6.45, 7) is 8.27. The molecule has 0 aliphatic carbocycles. The second kappa shape index (κ2) is 4.39. The highest BCUT2D eigenvalue weighted by atomic mass is 16.6. The van der Waals surface area contributed by atoms with Gasteiger partial charge in [-0.05, 0) is 40.5 Å². The molecule has 0 bridgehead atoms. The summed E-state index contributed by atoms with van der Waals surface area (Å²) in [6.07, 6.45) is 1.70. The van der Waals surface area contributed by atoms with E-state index in [1.807, 2.05) is 27.7 Å². The van der Waals surface area contributed by atoms with Gasteiger partial charge in [-0.2, -0.15) is 0 Å². The number of amides is 1. The highest BCUT2D eigenvalue weighted by Crippen LogP contribution is 2.19. The molecule has 4 nitrogen and oxygen atoms in total. The summed E-state index contributed by atoms with van der Waals surface area (Å²) in [6, 6.07) is 0.327. The molecule has 1 aliphatic heterocycles. The minimum absolute atomic E-state index is 0.0914. The van der Waals surface area contributed by atoms with Gasteiger partial charge in [0.1, 0.15) is 5.60 Å². The van der Waals surface area contributed by atoms with Gasteiger partial charge in [0.25, 0.3) is 0 Å². The molecule has 0 radical (unpaired) electrons. The van der Waals surface area contributed by atoms with E-state index in [0.717, 1.165) is 12.8 Å². The summed E-state index contributed by atoms with van der Waals surface area (Å²) in [4.78, 5) is 13.6. The number of piperidine rings is 1. The van der Waals surface area contributed by atoms with E-state index >= 15 is 0 Å². The Kier molecular flexibility index (Phi) is 3.60. The Balaban J connectivity index is 2.57. The summed E-state index contributed by atoms with van der Waals surface area (Å²) < 4.78 is 5.33. The van der Waals surface area contributed by atoms with Crippen molar-refractivity contribution in [3.63, 3.8) is 0 Å². The van der Waals surface area contributed by atoms with Crippen LogP contribution in [0.25, 0.3) is 0 Å². The highest BCUT2D eigenvalue weighted by Gasteiger charge is 2.30. The van der Waals surface area contributed by atoms with Gasteiger partial charge in [-0.3, -0.25) is 0 Å². The van der Waals surface area contributed by atoms with E-state index < -0.39 is 5.60 Å². The topological polar surface area (TPSA) is 55.6 Å². The fourth-order valence-electron chi connectivity index (χ4n) is 1.71. The molecule has 1 rings (SSSR count). The maximum Gasteiger partial charge on any atom is 0.410 e. The van der Waals surface area contributed by atoms with Crippen LogP contribution in [0.2, 0.25) is 0 Å². The van der Waals surface area contributed by atoms with Crippen molar-refractivity contribution in [3.8, 4) is 0 Å². The molecule has 1 heterocycles. The third-order valence-corrected chi connectivity index (χ3v) is 2.55. The number of carbonyl (C=O) groups is 1. The molecule has 4 heteroatoms. The second-order valence-electron chi connectivity index (χ2n) is 5.32. The highest BCUT2D eigenvalue weighted by molar-refractivity contribution is 5.68. The summed E-state index contributed by atoms with van der Waals surface area (Å²) in [5.74, 6) is 0. The second-order valence-corrected chi connectivity index (χ2v) is 5.32. The predicted molar refractivity (Wildman–Crippen MR) is 59.6 cm³/mol. The first kappa shape index (κ1) is 12.3. The van der Waals surface area contributed by atoms with Crippen molar-refractivity contribution in [3.05, 3.63) is 0 Å². The van der Waals surface area contributed by atoms with Crippen LogP contribution in [0.4, 0.5) is 4.79 Å². The molecule has 0 spiro atoms. The van der Waals surface area contributed by atoms with Crippen molar-refractivity contribution in [1.82, 2.24) is 4.90 Å². The van der Waals surface area contributed by atoms with Crippen molar-refractivity contribution in [2.45, 2.75) is 58.2 Å². The molecule has 2 atom stereocenters. The van der Waals surface area contributed by atoms with Crippen molar-refractivity contribution >= 4 is 6.09 Å². The maximum absolute atomic E-state index is 11.8. The van der Waals surface area contributed by atoms with E-state index in [9.17, 15) is 4.79 Å². The number of hydrogen-bond donors (Lipinski definition) is 1. The van der Waals surface area contributed by atoms with Gasteiger partial charge in [-0.25, -0.2) is 4.79 Å². The van der Waals surface area contributed by atoms with Gasteiger partial charge in [0.05, 0.1) is 0 Å². The van der Waals surface area contributed by atoms with Crippen LogP contribution in [0.1, 0.15) is 40.5 Å². The van der Waals surface area contributed by atoms with Gasteiger partial charge < -0.3 is 15.4 Å². The molecule has 88 valence electrons. The molecule has 0 aromatic heterocycles. The van der Waals surface area contributed by atoms with Crippen LogP contribution in [0.15, 0.2) is 0 Å². The lowest BCUT2D eigenvalue weighted by Gasteiger charge is -2.37. The van der Waals surface area contributed by atoms with Crippen LogP contribution >= 0.6 is 0 Å². The first-order chi connectivity index (χ1) is 6.79. The van der Waals surface area contributed by atoms with Crippen LogP contribution in [0, 0.1) is 0 Å². The van der Waals surface area contributed by atoms with Gasteiger partial charge in [-0.1, -0.05) is 0 Å². The van der Waals surface area contributed by atoms with E-state index in [2.05, 4.69) is 0 Å². The zero-order chi connectivity index (χ0) is 11.6. The number of likely N-dealkylation sites (tertiary alicyclic amines) is 1. The lowest BCUT2D eigenvalue weighted by molar-refractivity contribution is 0.00998. The van der Waals surface area contributed by atoms with Crippen LogP contribution in [-0.4, -0.2) is 35.2 Å². The average molecular weight is 214 g/mol. The molecular weight excluding hydrogens is 192 g/mol. The number of nitrogens with two attached hydrogens (primary N) is 1. The minimum Gasteiger partial charge on any atom is -0.444 e. The smallest absolute Gasteiger partial charge is 0.410 e. The Morgan fingerprint density at radius 1 is 1.40 bits per heavy atom. The zero-order valence-electron chi connectivity index (χ0n) is 10.1. The standard InChI is InChI=1S/C11H22N2O2/c1-8-5-6-9(12)7-13(8)10(14)15-11(2,3)4/h8-9H,5-7,12H2,1-4H3. The summed E-state index contributed by atoms with van der Waals surface area (Å²) >= 11 is 0. The number of nitrogens with zero attached hydrogens (tertiary/aromatic N) is 1. The summed E-state index contributed by atoms with van der Waals surface area (Å²) in [5.41, 5.74) is 5.41. The molecule has 2 N–H and O–H groups in total. The molecule has 1 saturated heterocycles. The van der Waals surface area contributed by atoms with Gasteiger partial charge in [-0.15, -0.1) is 0 Å². The average Bonchev–Trinajstić information content (AvgIpc) is 2.06. The lowest BCUT2D eigenvalue weighted by atomic mass is 10.0. The molecule has 1 fully saturated rings. The zero-order valence-corrected chi connectivity index (χ0v) is 10.1. The molecule has 0 aromatic rings. The fraction of sp³-hybridized carbons (Fsp3) is 0.909. The number of rotatable bonds is 0. The van der Waals surface area contributed by atoms with Gasteiger partial charge in [0.15, 0.2) is 0 Å². The van der Waals surface area contributed by atoms with Gasteiger partial charge in [0.2, 0.25) is 0 Å². The van der Waals surface area contributed by atoms with Crippen molar-refractivity contribution in [2.24, 2.45) is 5.73 Å². The third-order valence-electron chi connectivity index (χ3n) is 2.55.